The number of nitrogens with zero attached hydrogens (tertiary/aromatic N) is 1. The Hall–Kier alpha value is -1.10. The van der Waals surface area contributed by atoms with Gasteiger partial charge >= 0.3 is 0 Å². The van der Waals surface area contributed by atoms with Gasteiger partial charge in [0.15, 0.2) is 0 Å². The van der Waals surface area contributed by atoms with Crippen LogP contribution in [0.25, 0.3) is 0 Å². The highest BCUT2D eigenvalue weighted by Crippen LogP contribution is 2.12. The normalized spacial score (nSPS) is 26.4. The Labute approximate surface area is 89.0 Å². The van der Waals surface area contributed by atoms with Gasteiger partial charge < -0.3 is 19.5 Å². The van der Waals surface area contributed by atoms with Crippen molar-refractivity contribution in [1.82, 2.24) is 4.90 Å². The first-order chi connectivity index (χ1) is 6.99. The summed E-state index contributed by atoms with van der Waals surface area (Å²) in [4.78, 5) is 23.4. The van der Waals surface area contributed by atoms with E-state index in [-0.39, 0.29) is 31.0 Å². The minimum absolute atomic E-state index is 0.0145. The molecule has 0 N–H and O–H groups in total. The first-order valence-corrected chi connectivity index (χ1v) is 5.12. The van der Waals surface area contributed by atoms with E-state index < -0.39 is 5.97 Å². The van der Waals surface area contributed by atoms with Crippen LogP contribution in [0.1, 0.15) is 26.7 Å². The average Bonchev–Trinajstić information content (AvgIpc) is 2.12. The molecule has 0 aliphatic carbocycles. The van der Waals surface area contributed by atoms with E-state index in [2.05, 4.69) is 0 Å². The van der Waals surface area contributed by atoms with Crippen LogP contribution in [0.3, 0.4) is 0 Å². The molecule has 1 fully saturated rings. The lowest BCUT2D eigenvalue weighted by molar-refractivity contribution is -0.305. The molecule has 0 radical (unpaired) electrons. The zero-order chi connectivity index (χ0) is 11.4. The van der Waals surface area contributed by atoms with Crippen LogP contribution in [0, 0.1) is 0 Å². The summed E-state index contributed by atoms with van der Waals surface area (Å²) in [5.41, 5.74) is 0. The number of carbonyl (C=O) groups excluding carboxylic acids is 2. The van der Waals surface area contributed by atoms with Crippen LogP contribution >= 0.6 is 0 Å². The molecule has 1 aliphatic heterocycles. The van der Waals surface area contributed by atoms with Crippen LogP contribution in [0.2, 0.25) is 0 Å². The van der Waals surface area contributed by atoms with E-state index >= 15 is 0 Å². The van der Waals surface area contributed by atoms with Crippen LogP contribution in [-0.2, 0) is 14.3 Å². The van der Waals surface area contributed by atoms with Crippen molar-refractivity contribution in [2.45, 2.75) is 38.9 Å². The standard InChI is InChI=1S/C10H17NO4/c1-7-5-11(6-8(2)15-7)9(12)3-4-10(13)14/h7-8H,3-6H2,1-2H3,(H,13,14)/p-1/t7-,8-/m0/s1. The maximum absolute atomic E-state index is 11.6. The van der Waals surface area contributed by atoms with Crippen LogP contribution in [0.15, 0.2) is 0 Å². The van der Waals surface area contributed by atoms with E-state index in [1.165, 1.54) is 0 Å². The van der Waals surface area contributed by atoms with Gasteiger partial charge in [-0.25, -0.2) is 0 Å². The summed E-state index contributed by atoms with van der Waals surface area (Å²) in [5.74, 6) is -1.32. The first kappa shape index (κ1) is 12.0. The van der Waals surface area contributed by atoms with Gasteiger partial charge in [-0.05, 0) is 20.3 Å². The molecule has 5 heteroatoms. The van der Waals surface area contributed by atoms with Crippen molar-refractivity contribution in [2.75, 3.05) is 13.1 Å². The van der Waals surface area contributed by atoms with Gasteiger partial charge in [-0.3, -0.25) is 4.79 Å². The van der Waals surface area contributed by atoms with Gasteiger partial charge in [-0.1, -0.05) is 0 Å². The number of carboxylic acids is 1. The molecule has 1 heterocycles. The van der Waals surface area contributed by atoms with E-state index in [1.807, 2.05) is 13.8 Å². The molecule has 86 valence electrons. The van der Waals surface area contributed by atoms with Gasteiger partial charge in [0, 0.05) is 25.5 Å². The van der Waals surface area contributed by atoms with E-state index in [4.69, 9.17) is 4.74 Å². The minimum atomic E-state index is -1.18. The number of amides is 1. The highest BCUT2D eigenvalue weighted by atomic mass is 16.5. The smallest absolute Gasteiger partial charge is 0.223 e. The van der Waals surface area contributed by atoms with E-state index in [9.17, 15) is 14.7 Å². The summed E-state index contributed by atoms with van der Waals surface area (Å²) in [6.45, 7) is 4.87. The van der Waals surface area contributed by atoms with Gasteiger partial charge in [0.05, 0.1) is 12.2 Å². The molecule has 0 aromatic carbocycles. The van der Waals surface area contributed by atoms with Gasteiger partial charge in [0.1, 0.15) is 0 Å². The third-order valence-electron chi connectivity index (χ3n) is 2.32. The Morgan fingerprint density at radius 1 is 1.27 bits per heavy atom. The Morgan fingerprint density at radius 2 is 1.80 bits per heavy atom. The number of hydrogen-bond donors (Lipinski definition) is 0. The molecule has 1 saturated heterocycles. The minimum Gasteiger partial charge on any atom is -0.550 e. The number of carboxylic acid groups (broad SMARTS) is 1. The fraction of sp³-hybridized carbons (Fsp3) is 0.800. The summed E-state index contributed by atoms with van der Waals surface area (Å²) in [6.07, 6.45) is -0.165. The van der Waals surface area contributed by atoms with Crippen molar-refractivity contribution in [1.29, 1.82) is 0 Å². The van der Waals surface area contributed by atoms with Crippen molar-refractivity contribution >= 4 is 11.9 Å². The Morgan fingerprint density at radius 3 is 2.27 bits per heavy atom. The Bertz CT molecular complexity index is 244. The number of rotatable bonds is 3. The van der Waals surface area contributed by atoms with Crippen LogP contribution in [0.4, 0.5) is 0 Å². The van der Waals surface area contributed by atoms with Crippen LogP contribution < -0.4 is 5.11 Å². The van der Waals surface area contributed by atoms with Gasteiger partial charge in [0.2, 0.25) is 5.91 Å². The zero-order valence-electron chi connectivity index (χ0n) is 9.06. The highest BCUT2D eigenvalue weighted by Gasteiger charge is 2.25. The lowest BCUT2D eigenvalue weighted by Crippen LogP contribution is -2.48. The Balaban J connectivity index is 2.41. The molecule has 1 rings (SSSR count). The average molecular weight is 214 g/mol. The number of hydrogen-bond acceptors (Lipinski definition) is 4. The Kier molecular flexibility index (Phi) is 4.08. The number of ether oxygens (including phenoxy) is 1. The van der Waals surface area contributed by atoms with Crippen LogP contribution in [0.5, 0.6) is 0 Å². The second kappa shape index (κ2) is 5.11. The highest BCUT2D eigenvalue weighted by molar-refractivity contribution is 5.80. The molecule has 15 heavy (non-hydrogen) atoms. The van der Waals surface area contributed by atoms with Gasteiger partial charge in [-0.15, -0.1) is 0 Å². The second-order valence-electron chi connectivity index (χ2n) is 3.93. The van der Waals surface area contributed by atoms with Crippen molar-refractivity contribution < 1.29 is 19.4 Å². The van der Waals surface area contributed by atoms with Crippen molar-refractivity contribution in [3.05, 3.63) is 0 Å². The molecule has 0 bridgehead atoms. The monoisotopic (exact) mass is 214 g/mol. The zero-order valence-corrected chi connectivity index (χ0v) is 9.06. The molecular formula is C10H16NO4-. The molecule has 2 atom stereocenters. The SMILES string of the molecule is C[C@H]1CN(C(=O)CCC(=O)[O-])C[C@H](C)O1. The molecule has 0 aromatic heterocycles. The number of morpholine rings is 1. The maximum atomic E-state index is 11.6. The van der Waals surface area contributed by atoms with E-state index in [0.717, 1.165) is 0 Å². The van der Waals surface area contributed by atoms with Crippen LogP contribution in [-0.4, -0.2) is 42.1 Å². The quantitative estimate of drug-likeness (QED) is 0.613. The molecule has 0 unspecified atom stereocenters. The predicted octanol–water partition coefficient (Wildman–Crippen LogP) is -0.848. The lowest BCUT2D eigenvalue weighted by atomic mass is 10.2. The first-order valence-electron chi connectivity index (χ1n) is 5.12. The predicted molar refractivity (Wildman–Crippen MR) is 50.8 cm³/mol. The second-order valence-corrected chi connectivity index (χ2v) is 3.93. The molecule has 5 nitrogen and oxygen atoms in total. The number of carbonyl (C=O) groups is 2. The summed E-state index contributed by atoms with van der Waals surface area (Å²) >= 11 is 0. The van der Waals surface area contributed by atoms with Gasteiger partial charge in [0.25, 0.3) is 0 Å². The fourth-order valence-electron chi connectivity index (χ4n) is 1.75. The molecule has 0 saturated carbocycles. The molecule has 1 amide bonds. The lowest BCUT2D eigenvalue weighted by Gasteiger charge is -2.35. The summed E-state index contributed by atoms with van der Waals surface area (Å²) in [6, 6.07) is 0. The third kappa shape index (κ3) is 3.87. The van der Waals surface area contributed by atoms with Gasteiger partial charge in [-0.2, -0.15) is 0 Å². The van der Waals surface area contributed by atoms with E-state index in [1.54, 1.807) is 4.90 Å². The topological polar surface area (TPSA) is 69.7 Å². The fourth-order valence-corrected chi connectivity index (χ4v) is 1.75. The molecule has 0 aromatic rings. The summed E-state index contributed by atoms with van der Waals surface area (Å²) in [5, 5.41) is 10.2. The summed E-state index contributed by atoms with van der Waals surface area (Å²) in [7, 11) is 0. The van der Waals surface area contributed by atoms with Crippen molar-refractivity contribution in [2.24, 2.45) is 0 Å². The molecular weight excluding hydrogens is 198 g/mol. The third-order valence-corrected chi connectivity index (χ3v) is 2.32. The maximum Gasteiger partial charge on any atom is 0.223 e. The van der Waals surface area contributed by atoms with E-state index in [0.29, 0.717) is 13.1 Å². The number of aliphatic carboxylic acids is 1. The summed E-state index contributed by atoms with van der Waals surface area (Å²) < 4.78 is 5.47. The molecule has 0 spiro atoms. The molecule has 1 aliphatic rings. The van der Waals surface area contributed by atoms with Crippen molar-refractivity contribution in [3.8, 4) is 0 Å². The van der Waals surface area contributed by atoms with Crippen molar-refractivity contribution in [3.63, 3.8) is 0 Å². The largest absolute Gasteiger partial charge is 0.550 e.